The standard InChI is InChI=1S/C18H27N3/c1-5-14-8-10-15(11-9-14)18(19)13(4)21-17(7-3)12-16(6-2)20-21/h8-13,18H,5-7,19H2,1-4H3. The van der Waals surface area contributed by atoms with Crippen molar-refractivity contribution in [1.82, 2.24) is 9.78 Å². The molecular formula is C18H27N3. The molecule has 0 bridgehead atoms. The van der Waals surface area contributed by atoms with Gasteiger partial charge in [-0.15, -0.1) is 0 Å². The first kappa shape index (κ1) is 15.8. The zero-order valence-electron chi connectivity index (χ0n) is 13.6. The molecule has 2 atom stereocenters. The number of rotatable bonds is 6. The molecule has 3 nitrogen and oxygen atoms in total. The van der Waals surface area contributed by atoms with Gasteiger partial charge in [0.05, 0.1) is 17.8 Å². The third-order valence-corrected chi connectivity index (χ3v) is 4.27. The van der Waals surface area contributed by atoms with Gasteiger partial charge in [0.1, 0.15) is 0 Å². The lowest BCUT2D eigenvalue weighted by atomic mass is 9.99. The van der Waals surface area contributed by atoms with Crippen LogP contribution in [0.2, 0.25) is 0 Å². The maximum absolute atomic E-state index is 6.48. The largest absolute Gasteiger partial charge is 0.322 e. The summed E-state index contributed by atoms with van der Waals surface area (Å²) >= 11 is 0. The summed E-state index contributed by atoms with van der Waals surface area (Å²) < 4.78 is 2.11. The van der Waals surface area contributed by atoms with Crippen LogP contribution < -0.4 is 5.73 Å². The lowest BCUT2D eigenvalue weighted by Crippen LogP contribution is -2.24. The van der Waals surface area contributed by atoms with Crippen LogP contribution >= 0.6 is 0 Å². The molecule has 0 spiro atoms. The smallest absolute Gasteiger partial charge is 0.0686 e. The van der Waals surface area contributed by atoms with E-state index in [1.165, 1.54) is 16.8 Å². The van der Waals surface area contributed by atoms with Crippen molar-refractivity contribution in [3.63, 3.8) is 0 Å². The van der Waals surface area contributed by atoms with Crippen molar-refractivity contribution >= 4 is 0 Å². The van der Waals surface area contributed by atoms with Crippen molar-refractivity contribution in [1.29, 1.82) is 0 Å². The van der Waals surface area contributed by atoms with Gasteiger partial charge in [-0.3, -0.25) is 4.68 Å². The molecule has 0 fully saturated rings. The van der Waals surface area contributed by atoms with Gasteiger partial charge in [0.25, 0.3) is 0 Å². The van der Waals surface area contributed by atoms with Crippen LogP contribution in [0.4, 0.5) is 0 Å². The number of nitrogens with zero attached hydrogens (tertiary/aromatic N) is 2. The molecule has 1 heterocycles. The molecule has 2 unspecified atom stereocenters. The second kappa shape index (κ2) is 6.90. The van der Waals surface area contributed by atoms with Gasteiger partial charge in [0.2, 0.25) is 0 Å². The van der Waals surface area contributed by atoms with E-state index in [9.17, 15) is 0 Å². The first-order chi connectivity index (χ1) is 10.1. The van der Waals surface area contributed by atoms with E-state index in [0.717, 1.165) is 25.0 Å². The van der Waals surface area contributed by atoms with Gasteiger partial charge in [-0.05, 0) is 43.4 Å². The Kier molecular flexibility index (Phi) is 5.18. The van der Waals surface area contributed by atoms with Gasteiger partial charge in [-0.25, -0.2) is 0 Å². The molecule has 1 aromatic heterocycles. The van der Waals surface area contributed by atoms with Gasteiger partial charge < -0.3 is 5.73 Å². The summed E-state index contributed by atoms with van der Waals surface area (Å²) in [7, 11) is 0. The van der Waals surface area contributed by atoms with Crippen LogP contribution in [0.5, 0.6) is 0 Å². The van der Waals surface area contributed by atoms with Crippen LogP contribution in [0.25, 0.3) is 0 Å². The van der Waals surface area contributed by atoms with Crippen LogP contribution in [-0.2, 0) is 19.3 Å². The molecule has 114 valence electrons. The third-order valence-electron chi connectivity index (χ3n) is 4.27. The van der Waals surface area contributed by atoms with E-state index < -0.39 is 0 Å². The van der Waals surface area contributed by atoms with E-state index in [2.05, 4.69) is 62.7 Å². The van der Waals surface area contributed by atoms with E-state index in [4.69, 9.17) is 10.8 Å². The predicted molar refractivity (Wildman–Crippen MR) is 88.4 cm³/mol. The quantitative estimate of drug-likeness (QED) is 0.876. The highest BCUT2D eigenvalue weighted by molar-refractivity contribution is 5.26. The van der Waals surface area contributed by atoms with Crippen LogP contribution in [0.15, 0.2) is 30.3 Å². The van der Waals surface area contributed by atoms with Crippen LogP contribution in [0.3, 0.4) is 0 Å². The third kappa shape index (κ3) is 3.35. The molecule has 1 aromatic carbocycles. The van der Waals surface area contributed by atoms with Crippen molar-refractivity contribution < 1.29 is 0 Å². The summed E-state index contributed by atoms with van der Waals surface area (Å²) in [6, 6.07) is 11.0. The van der Waals surface area contributed by atoms with Crippen molar-refractivity contribution in [2.75, 3.05) is 0 Å². The molecular weight excluding hydrogens is 258 g/mol. The summed E-state index contributed by atoms with van der Waals surface area (Å²) in [5.74, 6) is 0. The summed E-state index contributed by atoms with van der Waals surface area (Å²) in [4.78, 5) is 0. The lowest BCUT2D eigenvalue weighted by molar-refractivity contribution is 0.401. The van der Waals surface area contributed by atoms with Crippen molar-refractivity contribution in [2.45, 2.75) is 59.0 Å². The molecule has 0 amide bonds. The molecule has 0 aliphatic heterocycles. The topological polar surface area (TPSA) is 43.8 Å². The van der Waals surface area contributed by atoms with Crippen LogP contribution in [0.1, 0.15) is 62.3 Å². The molecule has 3 heteroatoms. The Labute approximate surface area is 128 Å². The van der Waals surface area contributed by atoms with E-state index in [1.54, 1.807) is 0 Å². The lowest BCUT2D eigenvalue weighted by Gasteiger charge is -2.23. The number of benzene rings is 1. The summed E-state index contributed by atoms with van der Waals surface area (Å²) in [6.45, 7) is 8.63. The summed E-state index contributed by atoms with van der Waals surface area (Å²) in [6.07, 6.45) is 3.01. The van der Waals surface area contributed by atoms with E-state index in [1.807, 2.05) is 0 Å². The Morgan fingerprint density at radius 2 is 1.71 bits per heavy atom. The zero-order chi connectivity index (χ0) is 15.4. The molecule has 2 aromatic rings. The first-order valence-electron chi connectivity index (χ1n) is 8.02. The average molecular weight is 285 g/mol. The van der Waals surface area contributed by atoms with E-state index >= 15 is 0 Å². The van der Waals surface area contributed by atoms with Crippen LogP contribution in [-0.4, -0.2) is 9.78 Å². The molecule has 0 radical (unpaired) electrons. The van der Waals surface area contributed by atoms with Gasteiger partial charge in [0.15, 0.2) is 0 Å². The molecule has 0 aliphatic carbocycles. The van der Waals surface area contributed by atoms with Gasteiger partial charge in [-0.2, -0.15) is 5.10 Å². The Morgan fingerprint density at radius 1 is 1.05 bits per heavy atom. The Bertz CT molecular complexity index is 569. The number of hydrogen-bond acceptors (Lipinski definition) is 2. The van der Waals surface area contributed by atoms with Crippen LogP contribution in [0, 0.1) is 0 Å². The molecule has 0 saturated carbocycles. The fourth-order valence-electron chi connectivity index (χ4n) is 2.69. The summed E-state index contributed by atoms with van der Waals surface area (Å²) in [5, 5.41) is 4.72. The SMILES string of the molecule is CCc1ccc(C(N)C(C)n2nc(CC)cc2CC)cc1. The van der Waals surface area contributed by atoms with E-state index in [0.29, 0.717) is 0 Å². The monoisotopic (exact) mass is 285 g/mol. The molecule has 21 heavy (non-hydrogen) atoms. The average Bonchev–Trinajstić information content (AvgIpc) is 2.97. The van der Waals surface area contributed by atoms with Crippen molar-refractivity contribution in [3.8, 4) is 0 Å². The minimum absolute atomic E-state index is 0.0363. The molecule has 2 rings (SSSR count). The maximum atomic E-state index is 6.48. The normalized spacial score (nSPS) is 14.1. The highest BCUT2D eigenvalue weighted by atomic mass is 15.3. The number of nitrogens with two attached hydrogens (primary N) is 1. The van der Waals surface area contributed by atoms with Crippen molar-refractivity contribution in [2.24, 2.45) is 5.73 Å². The molecule has 0 saturated heterocycles. The minimum atomic E-state index is -0.0363. The fourth-order valence-corrected chi connectivity index (χ4v) is 2.69. The number of aromatic nitrogens is 2. The van der Waals surface area contributed by atoms with Gasteiger partial charge in [0, 0.05) is 5.69 Å². The van der Waals surface area contributed by atoms with E-state index in [-0.39, 0.29) is 12.1 Å². The maximum Gasteiger partial charge on any atom is 0.0686 e. The predicted octanol–water partition coefficient (Wildman–Crippen LogP) is 3.83. The highest BCUT2D eigenvalue weighted by Crippen LogP contribution is 2.25. The number of aryl methyl sites for hydroxylation is 3. The highest BCUT2D eigenvalue weighted by Gasteiger charge is 2.20. The Hall–Kier alpha value is -1.61. The van der Waals surface area contributed by atoms with Gasteiger partial charge in [-0.1, -0.05) is 45.0 Å². The minimum Gasteiger partial charge on any atom is -0.322 e. The van der Waals surface area contributed by atoms with Gasteiger partial charge >= 0.3 is 0 Å². The first-order valence-corrected chi connectivity index (χ1v) is 8.02. The molecule has 0 aliphatic rings. The second-order valence-electron chi connectivity index (χ2n) is 5.64. The molecule has 2 N–H and O–H groups in total. The zero-order valence-corrected chi connectivity index (χ0v) is 13.6. The van der Waals surface area contributed by atoms with Crippen molar-refractivity contribution in [3.05, 3.63) is 52.8 Å². The Balaban J connectivity index is 2.25. The second-order valence-corrected chi connectivity index (χ2v) is 5.64. The number of hydrogen-bond donors (Lipinski definition) is 1. The Morgan fingerprint density at radius 3 is 2.24 bits per heavy atom. The fraction of sp³-hybridized carbons (Fsp3) is 0.500. The summed E-state index contributed by atoms with van der Waals surface area (Å²) in [5.41, 5.74) is 11.4.